The predicted octanol–water partition coefficient (Wildman–Crippen LogP) is 0.356. The molecule has 0 bridgehead atoms. The molecule has 0 amide bonds. The van der Waals surface area contributed by atoms with E-state index in [1.165, 1.54) is 13.1 Å². The highest BCUT2D eigenvalue weighted by Crippen LogP contribution is 2.24. The molecule has 0 aliphatic heterocycles. The van der Waals surface area contributed by atoms with E-state index in [1.807, 2.05) is 6.92 Å². The van der Waals surface area contributed by atoms with Gasteiger partial charge in [-0.15, -0.1) is 0 Å². The Balaban J connectivity index is 3.11. The fourth-order valence-corrected chi connectivity index (χ4v) is 3.36. The van der Waals surface area contributed by atoms with Gasteiger partial charge in [0.15, 0.2) is 0 Å². The predicted molar refractivity (Wildman–Crippen MR) is 79.1 cm³/mol. The van der Waals surface area contributed by atoms with Gasteiger partial charge in [0, 0.05) is 34.5 Å². The van der Waals surface area contributed by atoms with Crippen LogP contribution in [0.3, 0.4) is 0 Å². The summed E-state index contributed by atoms with van der Waals surface area (Å²) in [6.45, 7) is 1.84. The summed E-state index contributed by atoms with van der Waals surface area (Å²) in [5.41, 5.74) is 6.43. The van der Waals surface area contributed by atoms with Gasteiger partial charge in [-0.2, -0.15) is 0 Å². The summed E-state index contributed by atoms with van der Waals surface area (Å²) in [7, 11) is -3.21. The van der Waals surface area contributed by atoms with Crippen molar-refractivity contribution in [1.29, 1.82) is 0 Å². The number of rotatable bonds is 6. The van der Waals surface area contributed by atoms with E-state index in [9.17, 15) is 12.6 Å². The quantitative estimate of drug-likeness (QED) is 0.659. The Morgan fingerprint density at radius 3 is 2.58 bits per heavy atom. The van der Waals surface area contributed by atoms with E-state index in [-0.39, 0.29) is 10.9 Å². The molecule has 0 heterocycles. The number of nitrogen functional groups attached to an aromatic ring is 1. The lowest BCUT2D eigenvalue weighted by molar-refractivity contribution is 0.588. The molecular weight excluding hydrogens is 286 g/mol. The topological polar surface area (TPSA) is 101 Å². The fraction of sp³-hybridized carbons (Fsp3) is 0.455. The van der Waals surface area contributed by atoms with Crippen molar-refractivity contribution in [3.8, 4) is 0 Å². The molecule has 0 fully saturated rings. The standard InChI is InChI=1S/C11H19N3O3S2/c1-8(7-18(3)15)14-10-5-4-9(12)6-11(10)19(16,17)13-2/h4-6,8,13-14H,7,12H2,1-3H3. The summed E-state index contributed by atoms with van der Waals surface area (Å²) in [6.07, 6.45) is 1.60. The Morgan fingerprint density at radius 1 is 1.42 bits per heavy atom. The molecule has 0 saturated carbocycles. The average Bonchev–Trinajstić information content (AvgIpc) is 2.30. The average molecular weight is 305 g/mol. The minimum absolute atomic E-state index is 0.0868. The SMILES string of the molecule is CNS(=O)(=O)c1cc(N)ccc1NC(C)CS(C)=O. The monoisotopic (exact) mass is 305 g/mol. The summed E-state index contributed by atoms with van der Waals surface area (Å²) in [6, 6.07) is 4.51. The van der Waals surface area contributed by atoms with Crippen LogP contribution in [0.25, 0.3) is 0 Å². The van der Waals surface area contributed by atoms with E-state index in [0.29, 0.717) is 17.1 Å². The molecule has 1 rings (SSSR count). The van der Waals surface area contributed by atoms with Crippen LogP contribution in [-0.4, -0.2) is 37.7 Å². The van der Waals surface area contributed by atoms with Crippen molar-refractivity contribution in [1.82, 2.24) is 4.72 Å². The van der Waals surface area contributed by atoms with E-state index in [2.05, 4.69) is 10.0 Å². The summed E-state index contributed by atoms with van der Waals surface area (Å²) in [5, 5.41) is 3.04. The molecule has 1 aromatic carbocycles. The van der Waals surface area contributed by atoms with Gasteiger partial charge in [-0.05, 0) is 32.2 Å². The normalized spacial score (nSPS) is 14.9. The Hall–Kier alpha value is -1.12. The Labute approximate surface area is 116 Å². The highest BCUT2D eigenvalue weighted by Gasteiger charge is 2.18. The third-order valence-electron chi connectivity index (χ3n) is 2.45. The molecule has 0 aliphatic rings. The first-order valence-electron chi connectivity index (χ1n) is 5.66. The van der Waals surface area contributed by atoms with Crippen LogP contribution in [0.4, 0.5) is 11.4 Å². The van der Waals surface area contributed by atoms with Gasteiger partial charge in [-0.3, -0.25) is 4.21 Å². The molecule has 2 unspecified atom stereocenters. The zero-order valence-electron chi connectivity index (χ0n) is 11.1. The molecule has 2 atom stereocenters. The maximum absolute atomic E-state index is 11.9. The molecule has 108 valence electrons. The van der Waals surface area contributed by atoms with Gasteiger partial charge in [-0.25, -0.2) is 13.1 Å². The minimum Gasteiger partial charge on any atom is -0.399 e. The number of benzene rings is 1. The van der Waals surface area contributed by atoms with Crippen molar-refractivity contribution >= 4 is 32.2 Å². The second-order valence-electron chi connectivity index (χ2n) is 4.25. The van der Waals surface area contributed by atoms with Crippen LogP contribution in [0.5, 0.6) is 0 Å². The van der Waals surface area contributed by atoms with E-state index in [4.69, 9.17) is 5.73 Å². The van der Waals surface area contributed by atoms with Gasteiger partial charge in [0.2, 0.25) is 10.0 Å². The summed E-state index contributed by atoms with van der Waals surface area (Å²) >= 11 is 0. The highest BCUT2D eigenvalue weighted by molar-refractivity contribution is 7.89. The first-order valence-corrected chi connectivity index (χ1v) is 8.87. The summed E-state index contributed by atoms with van der Waals surface area (Å²) in [4.78, 5) is 0.0868. The van der Waals surface area contributed by atoms with E-state index >= 15 is 0 Å². The maximum atomic E-state index is 11.9. The summed E-state index contributed by atoms with van der Waals surface area (Å²) < 4.78 is 37.2. The van der Waals surface area contributed by atoms with Crippen molar-refractivity contribution < 1.29 is 12.6 Å². The first kappa shape index (κ1) is 15.9. The third-order valence-corrected chi connectivity index (χ3v) is 4.87. The van der Waals surface area contributed by atoms with Crippen LogP contribution >= 0.6 is 0 Å². The Bertz CT molecular complexity index is 573. The lowest BCUT2D eigenvalue weighted by Gasteiger charge is -2.17. The van der Waals surface area contributed by atoms with Crippen molar-refractivity contribution in [2.45, 2.75) is 17.9 Å². The molecule has 0 spiro atoms. The second kappa shape index (κ2) is 6.36. The van der Waals surface area contributed by atoms with Crippen LogP contribution in [0.2, 0.25) is 0 Å². The molecule has 8 heteroatoms. The van der Waals surface area contributed by atoms with Crippen molar-refractivity contribution in [3.63, 3.8) is 0 Å². The van der Waals surface area contributed by atoms with Crippen molar-refractivity contribution in [2.75, 3.05) is 30.1 Å². The van der Waals surface area contributed by atoms with Crippen LogP contribution in [0, 0.1) is 0 Å². The third kappa shape index (κ3) is 4.48. The number of sulfonamides is 1. The van der Waals surface area contributed by atoms with Crippen molar-refractivity contribution in [3.05, 3.63) is 18.2 Å². The molecule has 1 aromatic rings. The maximum Gasteiger partial charge on any atom is 0.242 e. The van der Waals surface area contributed by atoms with Gasteiger partial charge in [0.25, 0.3) is 0 Å². The molecule has 0 aromatic heterocycles. The first-order chi connectivity index (χ1) is 8.76. The van der Waals surface area contributed by atoms with Crippen LogP contribution < -0.4 is 15.8 Å². The van der Waals surface area contributed by atoms with E-state index < -0.39 is 20.8 Å². The molecule has 0 saturated heterocycles. The lowest BCUT2D eigenvalue weighted by Crippen LogP contribution is -2.25. The number of hydrogen-bond acceptors (Lipinski definition) is 5. The Morgan fingerprint density at radius 2 is 2.05 bits per heavy atom. The number of anilines is 2. The second-order valence-corrected chi connectivity index (χ2v) is 7.58. The highest BCUT2D eigenvalue weighted by atomic mass is 32.2. The van der Waals surface area contributed by atoms with Gasteiger partial charge >= 0.3 is 0 Å². The number of nitrogens with one attached hydrogen (secondary N) is 2. The van der Waals surface area contributed by atoms with Crippen LogP contribution in [-0.2, 0) is 20.8 Å². The van der Waals surface area contributed by atoms with Gasteiger partial charge in [0.05, 0.1) is 5.69 Å². The number of hydrogen-bond donors (Lipinski definition) is 3. The zero-order valence-corrected chi connectivity index (χ0v) is 12.8. The number of nitrogens with two attached hydrogens (primary N) is 1. The van der Waals surface area contributed by atoms with Gasteiger partial charge < -0.3 is 11.1 Å². The van der Waals surface area contributed by atoms with Crippen LogP contribution in [0.1, 0.15) is 6.92 Å². The van der Waals surface area contributed by atoms with Gasteiger partial charge in [0.1, 0.15) is 4.90 Å². The molecular formula is C11H19N3O3S2. The molecule has 0 aliphatic carbocycles. The van der Waals surface area contributed by atoms with Gasteiger partial charge in [-0.1, -0.05) is 0 Å². The van der Waals surface area contributed by atoms with E-state index in [1.54, 1.807) is 18.4 Å². The molecule has 19 heavy (non-hydrogen) atoms. The van der Waals surface area contributed by atoms with Crippen molar-refractivity contribution in [2.24, 2.45) is 0 Å². The molecule has 4 N–H and O–H groups in total. The minimum atomic E-state index is -3.59. The zero-order chi connectivity index (χ0) is 14.6. The van der Waals surface area contributed by atoms with E-state index in [0.717, 1.165) is 0 Å². The van der Waals surface area contributed by atoms with Crippen LogP contribution in [0.15, 0.2) is 23.1 Å². The smallest absolute Gasteiger partial charge is 0.242 e. The lowest BCUT2D eigenvalue weighted by atomic mass is 10.2. The largest absolute Gasteiger partial charge is 0.399 e. The molecule has 0 radical (unpaired) electrons. The Kier molecular flexibility index (Phi) is 5.33. The summed E-state index contributed by atoms with van der Waals surface area (Å²) in [5.74, 6) is 0.434. The fourth-order valence-electron chi connectivity index (χ4n) is 1.65. The molecule has 6 nitrogen and oxygen atoms in total.